The SMILES string of the molecule is CN(C)C(=O)CCON=C1CCN(c2ncc(-c3cccc(CO[Si](C)(C)C(C)(C)C)c3F)cn2)CC1. The van der Waals surface area contributed by atoms with E-state index in [1.165, 1.54) is 4.90 Å². The van der Waals surface area contributed by atoms with Crippen LogP contribution in [0.2, 0.25) is 18.1 Å². The summed E-state index contributed by atoms with van der Waals surface area (Å²) in [6, 6.07) is 5.37. The molecule has 0 aliphatic carbocycles. The first kappa shape index (κ1) is 28.7. The summed E-state index contributed by atoms with van der Waals surface area (Å²) in [6.45, 7) is 12.8. The Morgan fingerprint density at radius 2 is 1.81 bits per heavy atom. The number of carbonyl (C=O) groups excluding carboxylic acids is 1. The lowest BCUT2D eigenvalue weighted by Gasteiger charge is -2.36. The molecule has 0 unspecified atom stereocenters. The normalized spacial score (nSPS) is 14.5. The molecule has 3 rings (SSSR count). The van der Waals surface area contributed by atoms with Gasteiger partial charge in [0.25, 0.3) is 0 Å². The van der Waals surface area contributed by atoms with Crippen molar-refractivity contribution in [3.8, 4) is 11.1 Å². The molecule has 8 nitrogen and oxygen atoms in total. The van der Waals surface area contributed by atoms with Gasteiger partial charge in [0.2, 0.25) is 11.9 Å². The average Bonchev–Trinajstić information content (AvgIpc) is 2.85. The second kappa shape index (κ2) is 12.1. The van der Waals surface area contributed by atoms with Crippen LogP contribution in [0.5, 0.6) is 0 Å². The van der Waals surface area contributed by atoms with Crippen LogP contribution in [0.3, 0.4) is 0 Å². The highest BCUT2D eigenvalue weighted by Crippen LogP contribution is 2.37. The first-order chi connectivity index (χ1) is 17.4. The zero-order chi connectivity index (χ0) is 27.2. The van der Waals surface area contributed by atoms with Gasteiger partial charge < -0.3 is 19.1 Å². The summed E-state index contributed by atoms with van der Waals surface area (Å²) in [5.41, 5.74) is 2.61. The van der Waals surface area contributed by atoms with Gasteiger partial charge in [-0.3, -0.25) is 4.79 Å². The molecular weight excluding hydrogens is 489 g/mol. The van der Waals surface area contributed by atoms with Gasteiger partial charge in [0.05, 0.1) is 18.7 Å². The van der Waals surface area contributed by atoms with Crippen molar-refractivity contribution < 1.29 is 18.4 Å². The molecule has 0 radical (unpaired) electrons. The molecule has 1 aromatic heterocycles. The Labute approximate surface area is 221 Å². The zero-order valence-electron chi connectivity index (χ0n) is 23.2. The van der Waals surface area contributed by atoms with Gasteiger partial charge in [-0.1, -0.05) is 44.1 Å². The molecule has 1 saturated heterocycles. The number of oxime groups is 1. The highest BCUT2D eigenvalue weighted by atomic mass is 28.4. The van der Waals surface area contributed by atoms with Crippen molar-refractivity contribution in [3.63, 3.8) is 0 Å². The molecule has 0 saturated carbocycles. The van der Waals surface area contributed by atoms with E-state index in [0.29, 0.717) is 42.1 Å². The summed E-state index contributed by atoms with van der Waals surface area (Å²) in [5, 5.41) is 4.25. The molecule has 0 spiro atoms. The fraction of sp³-hybridized carbons (Fsp3) is 0.556. The van der Waals surface area contributed by atoms with Crippen LogP contribution in [0.25, 0.3) is 11.1 Å². The second-order valence-corrected chi connectivity index (χ2v) is 15.9. The maximum atomic E-state index is 15.4. The summed E-state index contributed by atoms with van der Waals surface area (Å²) in [6.07, 6.45) is 5.12. The molecule has 1 aliphatic rings. The molecule has 37 heavy (non-hydrogen) atoms. The molecule has 1 fully saturated rings. The van der Waals surface area contributed by atoms with Gasteiger partial charge in [0.1, 0.15) is 12.4 Å². The van der Waals surface area contributed by atoms with Gasteiger partial charge in [0.15, 0.2) is 8.32 Å². The van der Waals surface area contributed by atoms with Crippen molar-refractivity contribution in [3.05, 3.63) is 42.0 Å². The Kier molecular flexibility index (Phi) is 9.41. The first-order valence-electron chi connectivity index (χ1n) is 12.8. The second-order valence-electron chi connectivity index (χ2n) is 11.1. The molecule has 2 heterocycles. The van der Waals surface area contributed by atoms with Crippen molar-refractivity contribution in [2.45, 2.75) is 64.8 Å². The van der Waals surface area contributed by atoms with Crippen LogP contribution >= 0.6 is 0 Å². The lowest BCUT2D eigenvalue weighted by molar-refractivity contribution is -0.129. The van der Waals surface area contributed by atoms with Gasteiger partial charge in [-0.2, -0.15) is 0 Å². The molecule has 1 aliphatic heterocycles. The van der Waals surface area contributed by atoms with E-state index in [4.69, 9.17) is 9.26 Å². The van der Waals surface area contributed by atoms with Crippen LogP contribution in [0.4, 0.5) is 10.3 Å². The van der Waals surface area contributed by atoms with Gasteiger partial charge in [0, 0.05) is 69.1 Å². The third-order valence-electron chi connectivity index (χ3n) is 7.15. The van der Waals surface area contributed by atoms with Crippen LogP contribution in [-0.4, -0.2) is 68.6 Å². The number of hydrogen-bond donors (Lipinski definition) is 0. The monoisotopic (exact) mass is 529 g/mol. The van der Waals surface area contributed by atoms with Crippen molar-refractivity contribution in [1.29, 1.82) is 0 Å². The summed E-state index contributed by atoms with van der Waals surface area (Å²) in [5.74, 6) is 0.337. The van der Waals surface area contributed by atoms with Crippen LogP contribution in [0, 0.1) is 5.82 Å². The number of carbonyl (C=O) groups is 1. The van der Waals surface area contributed by atoms with E-state index in [2.05, 4.69) is 53.9 Å². The summed E-state index contributed by atoms with van der Waals surface area (Å²) < 4.78 is 21.6. The van der Waals surface area contributed by atoms with E-state index in [0.717, 1.165) is 18.6 Å². The van der Waals surface area contributed by atoms with Gasteiger partial charge in [-0.25, -0.2) is 14.4 Å². The van der Waals surface area contributed by atoms with Gasteiger partial charge in [-0.15, -0.1) is 0 Å². The van der Waals surface area contributed by atoms with Crippen LogP contribution in [-0.2, 0) is 20.7 Å². The molecule has 0 bridgehead atoms. The fourth-order valence-corrected chi connectivity index (χ4v) is 4.51. The number of amides is 1. The number of piperidine rings is 1. The predicted octanol–water partition coefficient (Wildman–Crippen LogP) is 5.26. The lowest BCUT2D eigenvalue weighted by Crippen LogP contribution is -2.40. The number of benzene rings is 1. The predicted molar refractivity (Wildman–Crippen MR) is 148 cm³/mol. The third kappa shape index (κ3) is 7.58. The van der Waals surface area contributed by atoms with Crippen molar-refractivity contribution in [2.24, 2.45) is 5.16 Å². The number of nitrogens with zero attached hydrogens (tertiary/aromatic N) is 5. The molecule has 1 aromatic carbocycles. The molecule has 0 atom stereocenters. The van der Waals surface area contributed by atoms with Crippen LogP contribution < -0.4 is 4.90 Å². The first-order valence-corrected chi connectivity index (χ1v) is 15.7. The van der Waals surface area contributed by atoms with Crippen molar-refractivity contribution >= 4 is 25.9 Å². The molecular formula is C27H40FN5O3Si. The van der Waals surface area contributed by atoms with E-state index < -0.39 is 8.32 Å². The number of anilines is 1. The van der Waals surface area contributed by atoms with Gasteiger partial charge in [-0.05, 0) is 18.1 Å². The maximum absolute atomic E-state index is 15.4. The van der Waals surface area contributed by atoms with E-state index >= 15 is 4.39 Å². The molecule has 202 valence electrons. The summed E-state index contributed by atoms with van der Waals surface area (Å²) in [7, 11) is 1.45. The minimum atomic E-state index is -1.99. The average molecular weight is 530 g/mol. The molecule has 10 heteroatoms. The number of halogens is 1. The Morgan fingerprint density at radius 1 is 1.16 bits per heavy atom. The third-order valence-corrected chi connectivity index (χ3v) is 11.6. The quantitative estimate of drug-likeness (QED) is 0.251. The Hall–Kier alpha value is -2.85. The summed E-state index contributed by atoms with van der Waals surface area (Å²) >= 11 is 0. The van der Waals surface area contributed by atoms with Crippen molar-refractivity contribution in [1.82, 2.24) is 14.9 Å². The van der Waals surface area contributed by atoms with E-state index in [9.17, 15) is 4.79 Å². The molecule has 2 aromatic rings. The minimum Gasteiger partial charge on any atom is -0.412 e. The summed E-state index contributed by atoms with van der Waals surface area (Å²) in [4.78, 5) is 29.6. The largest absolute Gasteiger partial charge is 0.412 e. The van der Waals surface area contributed by atoms with Crippen LogP contribution in [0.1, 0.15) is 45.6 Å². The van der Waals surface area contributed by atoms with Crippen molar-refractivity contribution in [2.75, 3.05) is 38.7 Å². The number of rotatable bonds is 9. The smallest absolute Gasteiger partial charge is 0.225 e. The standard InChI is InChI=1S/C27H40FN5O3Si/c1-27(2,3)37(6,7)36-19-20-9-8-10-23(25(20)28)21-17-29-26(30-18-21)33-14-11-22(12-15-33)31-35-16-13-24(34)32(4)5/h8-10,17-18H,11-16,19H2,1-7H3. The van der Waals surface area contributed by atoms with E-state index in [-0.39, 0.29) is 30.0 Å². The Bertz CT molecular complexity index is 1090. The van der Waals surface area contributed by atoms with E-state index in [1.54, 1.807) is 38.6 Å². The van der Waals surface area contributed by atoms with Crippen LogP contribution in [0.15, 0.2) is 35.7 Å². The number of aromatic nitrogens is 2. The molecule has 1 amide bonds. The Morgan fingerprint density at radius 3 is 2.41 bits per heavy atom. The maximum Gasteiger partial charge on any atom is 0.225 e. The zero-order valence-corrected chi connectivity index (χ0v) is 24.2. The molecule has 0 N–H and O–H groups in total. The fourth-order valence-electron chi connectivity index (χ4n) is 3.56. The highest BCUT2D eigenvalue weighted by Gasteiger charge is 2.37. The minimum absolute atomic E-state index is 0.0155. The lowest BCUT2D eigenvalue weighted by atomic mass is 10.1. The highest BCUT2D eigenvalue weighted by molar-refractivity contribution is 6.74. The van der Waals surface area contributed by atoms with E-state index in [1.807, 2.05) is 6.07 Å². The van der Waals surface area contributed by atoms with Gasteiger partial charge >= 0.3 is 0 Å². The number of hydrogen-bond acceptors (Lipinski definition) is 7. The topological polar surface area (TPSA) is 80.2 Å². The Balaban J connectivity index is 1.58.